The molecule has 1 rings (SSSR count). The molecule has 0 aromatic heterocycles. The van der Waals surface area contributed by atoms with E-state index in [1.54, 1.807) is 18.2 Å². The molecule has 0 spiro atoms. The minimum absolute atomic E-state index is 0.258. The zero-order valence-corrected chi connectivity index (χ0v) is 9.12. The number of anilines is 1. The first kappa shape index (κ1) is 10.7. The van der Waals surface area contributed by atoms with Crippen LogP contribution in [0.4, 0.5) is 5.69 Å². The van der Waals surface area contributed by atoms with Crippen molar-refractivity contribution in [2.45, 2.75) is 6.16 Å². The Morgan fingerprint density at radius 2 is 2.08 bits per heavy atom. The second kappa shape index (κ2) is 3.80. The van der Waals surface area contributed by atoms with Crippen LogP contribution < -0.4 is 5.73 Å². The Labute approximate surface area is 84.1 Å². The Bertz CT molecular complexity index is 363. The molecule has 0 aliphatic rings. The Balaban J connectivity index is 2.92. The lowest BCUT2D eigenvalue weighted by atomic mass is 10.2. The Hall–Kier alpha value is -0.350. The lowest BCUT2D eigenvalue weighted by molar-refractivity contribution is 0.371. The molecular formula is C7H9BrNO3P. The standard InChI is InChI=1S/C7H9BrNO3P/c8-6-3-5(1-2-7(6)9)4-13(10,11)12/h1-3H,4,9H2,(H2,10,11,12). The monoisotopic (exact) mass is 265 g/mol. The summed E-state index contributed by atoms with van der Waals surface area (Å²) in [5.74, 6) is 0. The van der Waals surface area contributed by atoms with Crippen molar-refractivity contribution in [3.63, 3.8) is 0 Å². The topological polar surface area (TPSA) is 83.6 Å². The third-order valence-corrected chi connectivity index (χ3v) is 2.92. The van der Waals surface area contributed by atoms with Crippen LogP contribution in [-0.4, -0.2) is 9.79 Å². The van der Waals surface area contributed by atoms with Gasteiger partial charge in [-0.1, -0.05) is 6.07 Å². The highest BCUT2D eigenvalue weighted by Gasteiger charge is 2.14. The maximum Gasteiger partial charge on any atom is 0.329 e. The third-order valence-electron chi connectivity index (χ3n) is 1.45. The van der Waals surface area contributed by atoms with Crippen LogP contribution in [0.25, 0.3) is 0 Å². The van der Waals surface area contributed by atoms with Crippen LogP contribution in [0.3, 0.4) is 0 Å². The molecule has 0 amide bonds. The predicted octanol–water partition coefficient (Wildman–Crippen LogP) is 1.71. The van der Waals surface area contributed by atoms with Gasteiger partial charge in [0.2, 0.25) is 0 Å². The summed E-state index contributed by atoms with van der Waals surface area (Å²) in [4.78, 5) is 17.4. The zero-order valence-electron chi connectivity index (χ0n) is 6.64. The molecule has 4 N–H and O–H groups in total. The molecule has 0 unspecified atom stereocenters. The molecule has 0 aliphatic carbocycles. The number of rotatable bonds is 2. The fraction of sp³-hybridized carbons (Fsp3) is 0.143. The third kappa shape index (κ3) is 3.48. The SMILES string of the molecule is Nc1ccc(CP(=O)(O)O)cc1Br. The van der Waals surface area contributed by atoms with E-state index in [4.69, 9.17) is 15.5 Å². The summed E-state index contributed by atoms with van der Waals surface area (Å²) in [5, 5.41) is 0. The summed E-state index contributed by atoms with van der Waals surface area (Å²) in [6.45, 7) is 0. The number of benzene rings is 1. The van der Waals surface area contributed by atoms with E-state index >= 15 is 0 Å². The number of halogens is 1. The Morgan fingerprint density at radius 3 is 2.54 bits per heavy atom. The highest BCUT2D eigenvalue weighted by Crippen LogP contribution is 2.39. The molecule has 0 bridgehead atoms. The summed E-state index contributed by atoms with van der Waals surface area (Å²) in [7, 11) is -3.98. The van der Waals surface area contributed by atoms with Crippen molar-refractivity contribution >= 4 is 29.2 Å². The molecule has 0 radical (unpaired) electrons. The van der Waals surface area contributed by atoms with Crippen LogP contribution in [0.2, 0.25) is 0 Å². The van der Waals surface area contributed by atoms with Gasteiger partial charge in [-0.2, -0.15) is 0 Å². The van der Waals surface area contributed by atoms with Gasteiger partial charge in [-0.3, -0.25) is 4.57 Å². The number of hydrogen-bond donors (Lipinski definition) is 3. The molecule has 13 heavy (non-hydrogen) atoms. The molecular weight excluding hydrogens is 257 g/mol. The van der Waals surface area contributed by atoms with E-state index in [0.29, 0.717) is 15.7 Å². The van der Waals surface area contributed by atoms with Gasteiger partial charge in [0.15, 0.2) is 0 Å². The predicted molar refractivity (Wildman–Crippen MR) is 54.3 cm³/mol. The lowest BCUT2D eigenvalue weighted by Crippen LogP contribution is -1.90. The average Bonchev–Trinajstić information content (AvgIpc) is 1.94. The average molecular weight is 266 g/mol. The summed E-state index contributed by atoms with van der Waals surface area (Å²) >= 11 is 3.18. The van der Waals surface area contributed by atoms with E-state index in [2.05, 4.69) is 15.9 Å². The van der Waals surface area contributed by atoms with E-state index < -0.39 is 7.60 Å². The quantitative estimate of drug-likeness (QED) is 0.562. The molecule has 1 aromatic rings. The van der Waals surface area contributed by atoms with Crippen molar-refractivity contribution in [2.24, 2.45) is 0 Å². The van der Waals surface area contributed by atoms with Gasteiger partial charge in [-0.25, -0.2) is 0 Å². The molecule has 72 valence electrons. The zero-order chi connectivity index (χ0) is 10.1. The first-order chi connectivity index (χ1) is 5.88. The van der Waals surface area contributed by atoms with E-state index in [0.717, 1.165) is 0 Å². The van der Waals surface area contributed by atoms with Gasteiger partial charge < -0.3 is 15.5 Å². The lowest BCUT2D eigenvalue weighted by Gasteiger charge is -2.05. The van der Waals surface area contributed by atoms with Crippen molar-refractivity contribution in [3.05, 3.63) is 28.2 Å². The van der Waals surface area contributed by atoms with Crippen molar-refractivity contribution in [2.75, 3.05) is 5.73 Å². The molecule has 0 saturated heterocycles. The van der Waals surface area contributed by atoms with Crippen molar-refractivity contribution in [3.8, 4) is 0 Å². The minimum atomic E-state index is -3.98. The van der Waals surface area contributed by atoms with E-state index in [9.17, 15) is 4.57 Å². The molecule has 0 heterocycles. The van der Waals surface area contributed by atoms with Crippen molar-refractivity contribution in [1.29, 1.82) is 0 Å². The van der Waals surface area contributed by atoms with Gasteiger partial charge in [0.05, 0.1) is 6.16 Å². The van der Waals surface area contributed by atoms with Crippen LogP contribution >= 0.6 is 23.5 Å². The fourth-order valence-corrected chi connectivity index (χ4v) is 2.01. The van der Waals surface area contributed by atoms with Crippen LogP contribution in [0, 0.1) is 0 Å². The summed E-state index contributed by atoms with van der Waals surface area (Å²) in [6, 6.07) is 4.81. The molecule has 0 aliphatic heterocycles. The van der Waals surface area contributed by atoms with Gasteiger partial charge in [0, 0.05) is 10.2 Å². The van der Waals surface area contributed by atoms with Gasteiger partial charge in [-0.05, 0) is 33.6 Å². The summed E-state index contributed by atoms with van der Waals surface area (Å²) in [5.41, 5.74) is 6.63. The minimum Gasteiger partial charge on any atom is -0.398 e. The Kier molecular flexibility index (Phi) is 3.14. The Morgan fingerprint density at radius 1 is 1.46 bits per heavy atom. The summed E-state index contributed by atoms with van der Waals surface area (Å²) in [6.07, 6.45) is -0.258. The van der Waals surface area contributed by atoms with Crippen LogP contribution in [-0.2, 0) is 10.7 Å². The molecule has 6 heteroatoms. The largest absolute Gasteiger partial charge is 0.398 e. The molecule has 0 saturated carbocycles. The second-order valence-electron chi connectivity index (χ2n) is 2.68. The molecule has 0 fully saturated rings. The molecule has 1 aromatic carbocycles. The van der Waals surface area contributed by atoms with Gasteiger partial charge >= 0.3 is 7.60 Å². The molecule has 0 atom stereocenters. The van der Waals surface area contributed by atoms with Gasteiger partial charge in [0.25, 0.3) is 0 Å². The summed E-state index contributed by atoms with van der Waals surface area (Å²) < 4.78 is 11.3. The van der Waals surface area contributed by atoms with Crippen molar-refractivity contribution in [1.82, 2.24) is 0 Å². The first-order valence-electron chi connectivity index (χ1n) is 3.47. The van der Waals surface area contributed by atoms with E-state index in [1.165, 1.54) is 0 Å². The number of nitrogen functional groups attached to an aromatic ring is 1. The normalized spacial score (nSPS) is 11.6. The van der Waals surface area contributed by atoms with Crippen molar-refractivity contribution < 1.29 is 14.4 Å². The fourth-order valence-electron chi connectivity index (χ4n) is 0.907. The van der Waals surface area contributed by atoms with E-state index in [1.807, 2.05) is 0 Å². The highest BCUT2D eigenvalue weighted by atomic mass is 79.9. The smallest absolute Gasteiger partial charge is 0.329 e. The van der Waals surface area contributed by atoms with Gasteiger partial charge in [0.1, 0.15) is 0 Å². The first-order valence-corrected chi connectivity index (χ1v) is 6.06. The molecule has 4 nitrogen and oxygen atoms in total. The maximum atomic E-state index is 10.6. The van der Waals surface area contributed by atoms with Gasteiger partial charge in [-0.15, -0.1) is 0 Å². The van der Waals surface area contributed by atoms with Crippen LogP contribution in [0.15, 0.2) is 22.7 Å². The number of hydrogen-bond acceptors (Lipinski definition) is 2. The van der Waals surface area contributed by atoms with Crippen LogP contribution in [0.5, 0.6) is 0 Å². The number of nitrogens with two attached hydrogens (primary N) is 1. The van der Waals surface area contributed by atoms with Crippen LogP contribution in [0.1, 0.15) is 5.56 Å². The second-order valence-corrected chi connectivity index (χ2v) is 5.18. The maximum absolute atomic E-state index is 10.6. The van der Waals surface area contributed by atoms with E-state index in [-0.39, 0.29) is 6.16 Å². The highest BCUT2D eigenvalue weighted by molar-refractivity contribution is 9.10.